The quantitative estimate of drug-likeness (QED) is 0.574. The molecule has 1 heterocycles. The highest BCUT2D eigenvalue weighted by atomic mass is 32.2. The maximum Gasteiger partial charge on any atom is 0.283 e. The molecule has 1 aliphatic heterocycles. The molecular formula is C24H20N2O3S. The van der Waals surface area contributed by atoms with E-state index in [0.29, 0.717) is 16.3 Å². The first-order valence-corrected chi connectivity index (χ1v) is 10.2. The third-order valence-electron chi connectivity index (χ3n) is 4.74. The van der Waals surface area contributed by atoms with Crippen molar-refractivity contribution in [3.05, 3.63) is 95.0 Å². The van der Waals surface area contributed by atoms with Crippen LogP contribution < -0.4 is 15.0 Å². The number of aryl methyl sites for hydroxylation is 1. The second-order valence-corrected chi connectivity index (χ2v) is 7.76. The minimum absolute atomic E-state index is 0.258. The second kappa shape index (κ2) is 8.47. The lowest BCUT2D eigenvalue weighted by Crippen LogP contribution is -2.32. The lowest BCUT2D eigenvalue weighted by atomic mass is 10.2. The van der Waals surface area contributed by atoms with Crippen molar-refractivity contribution in [2.75, 3.05) is 17.3 Å². The summed E-state index contributed by atoms with van der Waals surface area (Å²) in [5.74, 6) is -0.332. The predicted molar refractivity (Wildman–Crippen MR) is 120 cm³/mol. The molecular weight excluding hydrogens is 396 g/mol. The number of methoxy groups -OCH3 is 1. The van der Waals surface area contributed by atoms with Crippen LogP contribution in [0.3, 0.4) is 0 Å². The van der Waals surface area contributed by atoms with Gasteiger partial charge in [-0.3, -0.25) is 9.59 Å². The van der Waals surface area contributed by atoms with Gasteiger partial charge in [0.2, 0.25) is 0 Å². The molecule has 2 amide bonds. The molecule has 0 unspecified atom stereocenters. The molecule has 0 aromatic heterocycles. The monoisotopic (exact) mass is 416 g/mol. The van der Waals surface area contributed by atoms with Crippen LogP contribution in [0.15, 0.2) is 94.4 Å². The first-order chi connectivity index (χ1) is 14.6. The smallest absolute Gasteiger partial charge is 0.283 e. The molecule has 0 aliphatic carbocycles. The molecule has 0 bridgehead atoms. The number of amides is 2. The second-order valence-electron chi connectivity index (χ2n) is 6.68. The number of imide groups is 1. The molecule has 6 heteroatoms. The van der Waals surface area contributed by atoms with Crippen LogP contribution in [0.1, 0.15) is 5.56 Å². The van der Waals surface area contributed by atoms with E-state index in [2.05, 4.69) is 5.32 Å². The Bertz CT molecular complexity index is 1140. The van der Waals surface area contributed by atoms with E-state index in [9.17, 15) is 9.59 Å². The molecule has 30 heavy (non-hydrogen) atoms. The number of nitrogens with one attached hydrogen (secondary N) is 1. The number of anilines is 2. The maximum absolute atomic E-state index is 13.4. The molecule has 0 spiro atoms. The average molecular weight is 417 g/mol. The number of benzene rings is 3. The van der Waals surface area contributed by atoms with Gasteiger partial charge in [-0.1, -0.05) is 60.3 Å². The normalized spacial score (nSPS) is 13.7. The Kier molecular flexibility index (Phi) is 5.59. The first-order valence-electron chi connectivity index (χ1n) is 9.42. The number of rotatable bonds is 6. The Balaban J connectivity index is 1.79. The third-order valence-corrected chi connectivity index (χ3v) is 5.83. The summed E-state index contributed by atoms with van der Waals surface area (Å²) >= 11 is 1.27. The fourth-order valence-corrected chi connectivity index (χ4v) is 4.15. The minimum atomic E-state index is -0.411. The van der Waals surface area contributed by atoms with E-state index in [4.69, 9.17) is 4.74 Å². The number of hydrogen-bond donors (Lipinski definition) is 1. The van der Waals surface area contributed by atoms with Crippen LogP contribution in [-0.4, -0.2) is 18.9 Å². The SMILES string of the molecule is COc1ccccc1N1C(=O)C(Nc2ccccc2C)=C(Sc2ccccc2)C1=O. The molecule has 1 N–H and O–H groups in total. The number of hydrogen-bond acceptors (Lipinski definition) is 5. The van der Waals surface area contributed by atoms with Crippen molar-refractivity contribution in [3.8, 4) is 5.75 Å². The zero-order chi connectivity index (χ0) is 21.1. The van der Waals surface area contributed by atoms with Crippen LogP contribution in [0, 0.1) is 6.92 Å². The molecule has 0 fully saturated rings. The molecule has 0 atom stereocenters. The van der Waals surface area contributed by atoms with Crippen LogP contribution in [0.2, 0.25) is 0 Å². The van der Waals surface area contributed by atoms with Gasteiger partial charge in [0, 0.05) is 10.6 Å². The number of thioether (sulfide) groups is 1. The van der Waals surface area contributed by atoms with Gasteiger partial charge < -0.3 is 10.1 Å². The van der Waals surface area contributed by atoms with Gasteiger partial charge in [0.1, 0.15) is 16.4 Å². The molecule has 3 aromatic rings. The minimum Gasteiger partial charge on any atom is -0.495 e. The van der Waals surface area contributed by atoms with E-state index in [0.717, 1.165) is 16.1 Å². The van der Waals surface area contributed by atoms with Crippen LogP contribution in [-0.2, 0) is 9.59 Å². The fraction of sp³-hybridized carbons (Fsp3) is 0.0833. The summed E-state index contributed by atoms with van der Waals surface area (Å²) in [5, 5.41) is 3.20. The fourth-order valence-electron chi connectivity index (χ4n) is 3.20. The van der Waals surface area contributed by atoms with Gasteiger partial charge >= 0.3 is 0 Å². The van der Waals surface area contributed by atoms with Crippen LogP contribution in [0.25, 0.3) is 0 Å². The van der Waals surface area contributed by atoms with Crippen molar-refractivity contribution in [1.29, 1.82) is 0 Å². The molecule has 0 saturated heterocycles. The van der Waals surface area contributed by atoms with E-state index in [1.54, 1.807) is 24.3 Å². The van der Waals surface area contributed by atoms with Gasteiger partial charge in [-0.2, -0.15) is 0 Å². The number of ether oxygens (including phenoxy) is 1. The number of carbonyl (C=O) groups excluding carboxylic acids is 2. The van der Waals surface area contributed by atoms with Crippen molar-refractivity contribution < 1.29 is 14.3 Å². The lowest BCUT2D eigenvalue weighted by molar-refractivity contribution is -0.120. The van der Waals surface area contributed by atoms with Gasteiger partial charge in [-0.15, -0.1) is 0 Å². The highest BCUT2D eigenvalue weighted by Gasteiger charge is 2.41. The Morgan fingerprint density at radius 2 is 1.50 bits per heavy atom. The van der Waals surface area contributed by atoms with Gasteiger partial charge in [0.05, 0.1) is 12.8 Å². The summed E-state index contributed by atoms with van der Waals surface area (Å²) in [5.41, 5.74) is 2.43. The van der Waals surface area contributed by atoms with Crippen molar-refractivity contribution in [1.82, 2.24) is 0 Å². The van der Waals surface area contributed by atoms with Crippen molar-refractivity contribution >= 4 is 35.0 Å². The Morgan fingerprint density at radius 3 is 2.23 bits per heavy atom. The predicted octanol–water partition coefficient (Wildman–Crippen LogP) is 4.99. The van der Waals surface area contributed by atoms with Gasteiger partial charge in [0.25, 0.3) is 11.8 Å². The molecule has 1 aliphatic rings. The van der Waals surface area contributed by atoms with E-state index in [1.165, 1.54) is 23.8 Å². The van der Waals surface area contributed by atoms with E-state index < -0.39 is 5.91 Å². The standard InChI is InChI=1S/C24H20N2O3S/c1-16-10-6-7-13-18(16)25-21-22(30-17-11-4-3-5-12-17)24(28)26(23(21)27)19-14-8-9-15-20(19)29-2/h3-15,25H,1-2H3. The number of carbonyl (C=O) groups is 2. The molecule has 0 radical (unpaired) electrons. The van der Waals surface area contributed by atoms with Crippen molar-refractivity contribution in [2.24, 2.45) is 0 Å². The summed E-state index contributed by atoms with van der Waals surface area (Å²) < 4.78 is 5.39. The Hall–Kier alpha value is -3.51. The number of nitrogens with zero attached hydrogens (tertiary/aromatic N) is 1. The van der Waals surface area contributed by atoms with Crippen molar-refractivity contribution in [3.63, 3.8) is 0 Å². The van der Waals surface area contributed by atoms with Crippen LogP contribution >= 0.6 is 11.8 Å². The molecule has 4 rings (SSSR count). The molecule has 5 nitrogen and oxygen atoms in total. The topological polar surface area (TPSA) is 58.6 Å². The average Bonchev–Trinajstić information content (AvgIpc) is 3.00. The maximum atomic E-state index is 13.4. The van der Waals surface area contributed by atoms with E-state index in [-0.39, 0.29) is 11.6 Å². The molecule has 0 saturated carbocycles. The van der Waals surface area contributed by atoms with Crippen LogP contribution in [0.5, 0.6) is 5.75 Å². The van der Waals surface area contributed by atoms with Gasteiger partial charge in [-0.25, -0.2) is 4.90 Å². The molecule has 3 aromatic carbocycles. The highest BCUT2D eigenvalue weighted by molar-refractivity contribution is 8.04. The summed E-state index contributed by atoms with van der Waals surface area (Å²) in [6.07, 6.45) is 0. The zero-order valence-electron chi connectivity index (χ0n) is 16.6. The van der Waals surface area contributed by atoms with Crippen LogP contribution in [0.4, 0.5) is 11.4 Å². The summed E-state index contributed by atoms with van der Waals surface area (Å²) in [6, 6.07) is 24.2. The Morgan fingerprint density at radius 1 is 0.833 bits per heavy atom. The lowest BCUT2D eigenvalue weighted by Gasteiger charge is -2.18. The third kappa shape index (κ3) is 3.69. The first kappa shape index (κ1) is 19.8. The van der Waals surface area contributed by atoms with Gasteiger partial charge in [0.15, 0.2) is 0 Å². The Labute approximate surface area is 179 Å². The number of para-hydroxylation sites is 3. The summed E-state index contributed by atoms with van der Waals surface area (Å²) in [7, 11) is 1.52. The summed E-state index contributed by atoms with van der Waals surface area (Å²) in [4.78, 5) is 29.2. The van der Waals surface area contributed by atoms with E-state index >= 15 is 0 Å². The largest absolute Gasteiger partial charge is 0.495 e. The zero-order valence-corrected chi connectivity index (χ0v) is 17.4. The van der Waals surface area contributed by atoms with Gasteiger partial charge in [-0.05, 0) is 42.8 Å². The van der Waals surface area contributed by atoms with E-state index in [1.807, 2.05) is 61.5 Å². The van der Waals surface area contributed by atoms with Crippen molar-refractivity contribution in [2.45, 2.75) is 11.8 Å². The molecule has 150 valence electrons. The summed E-state index contributed by atoms with van der Waals surface area (Å²) in [6.45, 7) is 1.95. The highest BCUT2D eigenvalue weighted by Crippen LogP contribution is 2.40.